The van der Waals surface area contributed by atoms with Gasteiger partial charge in [-0.2, -0.15) is 5.26 Å². The predicted octanol–water partition coefficient (Wildman–Crippen LogP) is 10.2. The van der Waals surface area contributed by atoms with Gasteiger partial charge in [-0.05, 0) is 70.3 Å². The number of nitrogens with zero attached hydrogens (tertiary/aromatic N) is 3. The van der Waals surface area contributed by atoms with Gasteiger partial charge in [-0.25, -0.2) is 4.85 Å². The number of fused-ring (bicyclic) bond motifs is 3. The van der Waals surface area contributed by atoms with E-state index in [1.54, 1.807) is 18.2 Å². The Morgan fingerprint density at radius 2 is 1.22 bits per heavy atom. The maximum absolute atomic E-state index is 10.1. The number of para-hydroxylation sites is 1. The van der Waals surface area contributed by atoms with Crippen LogP contribution in [0.1, 0.15) is 5.56 Å². The molecule has 0 saturated carbocycles. The molecule has 0 spiro atoms. The van der Waals surface area contributed by atoms with E-state index in [0.29, 0.717) is 16.8 Å². The van der Waals surface area contributed by atoms with Crippen molar-refractivity contribution < 1.29 is 0 Å². The van der Waals surface area contributed by atoms with Gasteiger partial charge in [0, 0.05) is 27.6 Å². The molecule has 7 rings (SSSR count). The van der Waals surface area contributed by atoms with Gasteiger partial charge in [0.15, 0.2) is 5.69 Å². The Morgan fingerprint density at radius 1 is 0.561 bits per heavy atom. The van der Waals surface area contributed by atoms with E-state index in [4.69, 9.17) is 6.57 Å². The topological polar surface area (TPSA) is 33.1 Å². The molecule has 0 saturated heterocycles. The summed E-state index contributed by atoms with van der Waals surface area (Å²) in [6.45, 7) is 7.92. The maximum Gasteiger partial charge on any atom is 0.196 e. The van der Waals surface area contributed by atoms with E-state index in [-0.39, 0.29) is 0 Å². The van der Waals surface area contributed by atoms with E-state index < -0.39 is 0 Å². The molecule has 0 radical (unpaired) electrons. The van der Waals surface area contributed by atoms with Gasteiger partial charge in [0.05, 0.1) is 23.7 Å². The summed E-state index contributed by atoms with van der Waals surface area (Å²) in [4.78, 5) is 3.83. The Labute approximate surface area is 238 Å². The minimum absolute atomic E-state index is 0.467. The second-order valence-electron chi connectivity index (χ2n) is 9.97. The molecule has 0 fully saturated rings. The minimum Gasteiger partial charge on any atom is -0.309 e. The number of rotatable bonds is 4. The molecule has 7 aromatic rings. The summed E-state index contributed by atoms with van der Waals surface area (Å²) < 4.78 is 2.28. The number of hydrogen-bond acceptors (Lipinski definition) is 1. The van der Waals surface area contributed by atoms with Crippen LogP contribution in [-0.2, 0) is 0 Å². The molecule has 6 aromatic carbocycles. The molecule has 0 N–H and O–H groups in total. The first kappa shape index (κ1) is 24.2. The maximum atomic E-state index is 10.1. The molecule has 3 nitrogen and oxygen atoms in total. The highest BCUT2D eigenvalue weighted by Gasteiger charge is 2.21. The molecule has 0 unspecified atom stereocenters. The molecule has 0 aliphatic carbocycles. The van der Waals surface area contributed by atoms with Crippen molar-refractivity contribution in [2.45, 2.75) is 0 Å². The van der Waals surface area contributed by atoms with Gasteiger partial charge >= 0.3 is 0 Å². The fraction of sp³-hybridized carbons (Fsp3) is 0. The molecule has 1 heterocycles. The molecule has 0 bridgehead atoms. The Bertz CT molecular complexity index is 2110. The molecule has 0 aliphatic heterocycles. The van der Waals surface area contributed by atoms with Gasteiger partial charge in [0.25, 0.3) is 0 Å². The highest BCUT2D eigenvalue weighted by Crippen LogP contribution is 2.45. The zero-order valence-electron chi connectivity index (χ0n) is 22.1. The first-order chi connectivity index (χ1) is 20.3. The van der Waals surface area contributed by atoms with E-state index in [0.717, 1.165) is 49.7 Å². The van der Waals surface area contributed by atoms with Crippen LogP contribution in [0.5, 0.6) is 0 Å². The zero-order valence-corrected chi connectivity index (χ0v) is 22.1. The van der Waals surface area contributed by atoms with Crippen LogP contribution in [0.2, 0.25) is 0 Å². The smallest absolute Gasteiger partial charge is 0.196 e. The Hall–Kier alpha value is -5.90. The quantitative estimate of drug-likeness (QED) is 0.212. The monoisotopic (exact) mass is 521 g/mol. The lowest BCUT2D eigenvalue weighted by Crippen LogP contribution is -1.95. The molecular weight excluding hydrogens is 498 g/mol. The number of aromatic nitrogens is 1. The Morgan fingerprint density at radius 3 is 1.90 bits per heavy atom. The van der Waals surface area contributed by atoms with Crippen molar-refractivity contribution in [2.75, 3.05) is 0 Å². The summed E-state index contributed by atoms with van der Waals surface area (Å²) >= 11 is 0. The van der Waals surface area contributed by atoms with Crippen molar-refractivity contribution in [3.8, 4) is 45.1 Å². The fourth-order valence-electron chi connectivity index (χ4n) is 5.80. The first-order valence-electron chi connectivity index (χ1n) is 13.5. The van der Waals surface area contributed by atoms with Gasteiger partial charge in [0.2, 0.25) is 0 Å². The van der Waals surface area contributed by atoms with Crippen LogP contribution in [0.25, 0.3) is 65.7 Å². The van der Waals surface area contributed by atoms with Crippen LogP contribution in [-0.4, -0.2) is 4.57 Å². The highest BCUT2D eigenvalue weighted by molar-refractivity contribution is 6.14. The largest absolute Gasteiger partial charge is 0.309 e. The fourth-order valence-corrected chi connectivity index (χ4v) is 5.80. The summed E-state index contributed by atoms with van der Waals surface area (Å²) in [5.74, 6) is 0. The average molecular weight is 522 g/mol. The predicted molar refractivity (Wildman–Crippen MR) is 168 cm³/mol. The third kappa shape index (κ3) is 4.05. The van der Waals surface area contributed by atoms with Crippen molar-refractivity contribution in [3.05, 3.63) is 157 Å². The average Bonchev–Trinajstić information content (AvgIpc) is 3.37. The second kappa shape index (κ2) is 10.0. The minimum atomic E-state index is 0.467. The normalized spacial score (nSPS) is 10.9. The third-order valence-electron chi connectivity index (χ3n) is 7.66. The molecule has 190 valence electrons. The number of benzene rings is 6. The zero-order chi connectivity index (χ0) is 27.8. The lowest BCUT2D eigenvalue weighted by atomic mass is 9.89. The molecule has 0 atom stereocenters. The van der Waals surface area contributed by atoms with Crippen LogP contribution in [0.3, 0.4) is 0 Å². The van der Waals surface area contributed by atoms with Crippen molar-refractivity contribution in [3.63, 3.8) is 0 Å². The summed E-state index contributed by atoms with van der Waals surface area (Å²) in [6, 6.07) is 49.8. The van der Waals surface area contributed by atoms with Crippen LogP contribution >= 0.6 is 0 Å². The molecule has 0 amide bonds. The van der Waals surface area contributed by atoms with Crippen LogP contribution in [0, 0.1) is 17.9 Å². The van der Waals surface area contributed by atoms with Gasteiger partial charge in [0.1, 0.15) is 0 Å². The van der Waals surface area contributed by atoms with Crippen LogP contribution < -0.4 is 0 Å². The van der Waals surface area contributed by atoms with Crippen molar-refractivity contribution in [1.82, 2.24) is 4.57 Å². The van der Waals surface area contributed by atoms with Crippen molar-refractivity contribution in [1.29, 1.82) is 5.26 Å². The lowest BCUT2D eigenvalue weighted by molar-refractivity contribution is 1.18. The number of hydrogen-bond donors (Lipinski definition) is 0. The molecule has 41 heavy (non-hydrogen) atoms. The van der Waals surface area contributed by atoms with Crippen LogP contribution in [0.15, 0.2) is 140 Å². The van der Waals surface area contributed by atoms with E-state index in [1.807, 2.05) is 42.5 Å². The van der Waals surface area contributed by atoms with Gasteiger partial charge in [-0.15, -0.1) is 0 Å². The molecule has 1 aromatic heterocycles. The van der Waals surface area contributed by atoms with E-state index in [9.17, 15) is 5.26 Å². The van der Waals surface area contributed by atoms with E-state index in [1.165, 1.54) is 5.56 Å². The first-order valence-corrected chi connectivity index (χ1v) is 13.5. The van der Waals surface area contributed by atoms with Gasteiger partial charge in [-0.1, -0.05) is 97.1 Å². The lowest BCUT2D eigenvalue weighted by Gasteiger charge is -2.15. The molecule has 0 aliphatic rings. The molecular formula is C38H23N3. The highest BCUT2D eigenvalue weighted by atomic mass is 15.0. The van der Waals surface area contributed by atoms with Gasteiger partial charge in [-0.3, -0.25) is 0 Å². The SMILES string of the molecule is [C-]#[N+]c1cccc(C#N)c1-c1cc2c(cc1-c1ccccc1)c1cc(-c3ccccc3)ccc1n2-c1ccccc1. The second-order valence-corrected chi connectivity index (χ2v) is 9.97. The van der Waals surface area contributed by atoms with Crippen molar-refractivity contribution in [2.24, 2.45) is 0 Å². The van der Waals surface area contributed by atoms with E-state index >= 15 is 0 Å². The third-order valence-corrected chi connectivity index (χ3v) is 7.66. The summed E-state index contributed by atoms with van der Waals surface area (Å²) in [6.07, 6.45) is 0. The Kier molecular flexibility index (Phi) is 5.90. The summed E-state index contributed by atoms with van der Waals surface area (Å²) in [5.41, 5.74) is 10.0. The number of nitriles is 1. The van der Waals surface area contributed by atoms with Gasteiger partial charge < -0.3 is 4.57 Å². The standard InChI is InChI=1S/C38H23N3/c1-40-35-19-11-16-29(25-39)38(35)34-24-37-33(23-31(34)27-14-7-3-8-15-27)32-22-28(26-12-5-2-6-13-26)20-21-36(32)41(37)30-17-9-4-10-18-30/h2-24H. The van der Waals surface area contributed by atoms with Crippen LogP contribution in [0.4, 0.5) is 5.69 Å². The Balaban J connectivity index is 1.65. The summed E-state index contributed by atoms with van der Waals surface area (Å²) in [7, 11) is 0. The van der Waals surface area contributed by atoms with Crippen molar-refractivity contribution >= 4 is 27.5 Å². The van der Waals surface area contributed by atoms with E-state index in [2.05, 4.69) is 94.3 Å². The molecule has 3 heteroatoms. The summed E-state index contributed by atoms with van der Waals surface area (Å²) in [5, 5.41) is 12.4.